The molecule has 1 atom stereocenters. The SMILES string of the molecule is Cc1sc(CN(CCCc2ccccc2)C(=O)C(O)c2ccc(OCC(F)F)cc2F)nc1C(=O)CS(N)(=O)=O. The molecule has 0 aliphatic carbocycles. The summed E-state index contributed by atoms with van der Waals surface area (Å²) >= 11 is 1.07. The number of nitrogens with two attached hydrogens (primary N) is 1. The predicted molar refractivity (Wildman–Crippen MR) is 142 cm³/mol. The van der Waals surface area contributed by atoms with Gasteiger partial charge in [-0.3, -0.25) is 9.59 Å². The lowest BCUT2D eigenvalue weighted by atomic mass is 10.1. The summed E-state index contributed by atoms with van der Waals surface area (Å²) in [7, 11) is -4.08. The molecule has 0 bridgehead atoms. The van der Waals surface area contributed by atoms with E-state index < -0.39 is 52.4 Å². The second-order valence-corrected chi connectivity index (χ2v) is 11.8. The topological polar surface area (TPSA) is 140 Å². The molecule has 1 amide bonds. The fraction of sp³-hybridized carbons (Fsp3) is 0.346. The van der Waals surface area contributed by atoms with Gasteiger partial charge >= 0.3 is 0 Å². The van der Waals surface area contributed by atoms with E-state index in [4.69, 9.17) is 9.88 Å². The first-order valence-corrected chi connectivity index (χ1v) is 14.6. The lowest BCUT2D eigenvalue weighted by Crippen LogP contribution is -2.36. The Morgan fingerprint density at radius 2 is 1.88 bits per heavy atom. The quantitative estimate of drug-likeness (QED) is 0.271. The number of rotatable bonds is 14. The Kier molecular flexibility index (Phi) is 10.8. The van der Waals surface area contributed by atoms with Crippen molar-refractivity contribution in [3.8, 4) is 5.75 Å². The molecule has 1 aromatic heterocycles. The van der Waals surface area contributed by atoms with Crippen LogP contribution >= 0.6 is 11.3 Å². The van der Waals surface area contributed by atoms with Gasteiger partial charge in [0.1, 0.15) is 34.6 Å². The smallest absolute Gasteiger partial charge is 0.272 e. The molecule has 0 aliphatic heterocycles. The summed E-state index contributed by atoms with van der Waals surface area (Å²) in [5.74, 6) is -3.76. The summed E-state index contributed by atoms with van der Waals surface area (Å²) in [4.78, 5) is 31.6. The summed E-state index contributed by atoms with van der Waals surface area (Å²) in [6.45, 7) is 0.627. The van der Waals surface area contributed by atoms with Crippen LogP contribution < -0.4 is 9.88 Å². The normalized spacial score (nSPS) is 12.4. The number of sulfonamides is 1. The second kappa shape index (κ2) is 13.8. The Morgan fingerprint density at radius 3 is 2.50 bits per heavy atom. The zero-order chi connectivity index (χ0) is 29.4. The molecule has 0 spiro atoms. The van der Waals surface area contributed by atoms with Crippen molar-refractivity contribution in [2.24, 2.45) is 5.14 Å². The number of benzene rings is 2. The number of alkyl halides is 2. The predicted octanol–water partition coefficient (Wildman–Crippen LogP) is 3.40. The number of halogens is 3. The van der Waals surface area contributed by atoms with Gasteiger partial charge in [0.15, 0.2) is 11.9 Å². The van der Waals surface area contributed by atoms with Gasteiger partial charge in [-0.2, -0.15) is 0 Å². The van der Waals surface area contributed by atoms with E-state index in [1.165, 1.54) is 11.0 Å². The number of carbonyl (C=O) groups excluding carboxylic acids is 2. The molecular weight excluding hydrogens is 571 g/mol. The molecule has 0 saturated heterocycles. The first-order chi connectivity index (χ1) is 18.8. The van der Waals surface area contributed by atoms with E-state index in [0.29, 0.717) is 22.7 Å². The van der Waals surface area contributed by atoms with Crippen molar-refractivity contribution in [2.45, 2.75) is 38.8 Å². The third-order valence-corrected chi connectivity index (χ3v) is 7.31. The highest BCUT2D eigenvalue weighted by Crippen LogP contribution is 2.26. The molecule has 9 nitrogen and oxygen atoms in total. The number of aliphatic hydroxyl groups is 1. The number of Topliss-reactive ketones (excluding diaryl/α,β-unsaturated/α-hetero) is 1. The first kappa shape index (κ1) is 31.2. The van der Waals surface area contributed by atoms with Crippen LogP contribution in [0.4, 0.5) is 13.2 Å². The number of amides is 1. The summed E-state index contributed by atoms with van der Waals surface area (Å²) in [5.41, 5.74) is 0.556. The third-order valence-electron chi connectivity index (χ3n) is 5.69. The Balaban J connectivity index is 1.81. The average Bonchev–Trinajstić information content (AvgIpc) is 3.26. The summed E-state index contributed by atoms with van der Waals surface area (Å²) < 4.78 is 67.0. The van der Waals surface area contributed by atoms with E-state index in [-0.39, 0.29) is 30.1 Å². The Labute approximate surface area is 233 Å². The van der Waals surface area contributed by atoms with Crippen molar-refractivity contribution < 1.29 is 41.0 Å². The molecule has 0 aliphatic rings. The largest absolute Gasteiger partial charge is 0.488 e. The van der Waals surface area contributed by atoms with Crippen LogP contribution in [0.3, 0.4) is 0 Å². The van der Waals surface area contributed by atoms with Crippen molar-refractivity contribution in [3.63, 3.8) is 0 Å². The highest BCUT2D eigenvalue weighted by atomic mass is 32.2. The molecule has 14 heteroatoms. The van der Waals surface area contributed by atoms with Gasteiger partial charge in [0.05, 0.1) is 6.54 Å². The number of hydrogen-bond acceptors (Lipinski definition) is 8. The van der Waals surface area contributed by atoms with Crippen LogP contribution in [0.2, 0.25) is 0 Å². The fourth-order valence-corrected chi connectivity index (χ4v) is 5.33. The summed E-state index contributed by atoms with van der Waals surface area (Å²) in [6.07, 6.45) is -3.61. The Hall–Kier alpha value is -3.33. The second-order valence-electron chi connectivity index (χ2n) is 8.88. The minimum absolute atomic E-state index is 0.0864. The van der Waals surface area contributed by atoms with Crippen molar-refractivity contribution >= 4 is 33.1 Å². The number of hydrogen-bond donors (Lipinski definition) is 2. The number of aromatic nitrogens is 1. The van der Waals surface area contributed by atoms with Crippen molar-refractivity contribution in [2.75, 3.05) is 18.9 Å². The molecule has 3 N–H and O–H groups in total. The number of ketones is 1. The first-order valence-electron chi connectivity index (χ1n) is 12.0. The minimum atomic E-state index is -4.08. The maximum atomic E-state index is 14.7. The molecule has 40 heavy (non-hydrogen) atoms. The summed E-state index contributed by atoms with van der Waals surface area (Å²) in [6, 6.07) is 12.5. The molecule has 216 valence electrons. The monoisotopic (exact) mass is 599 g/mol. The summed E-state index contributed by atoms with van der Waals surface area (Å²) in [5, 5.41) is 16.0. The van der Waals surface area contributed by atoms with Crippen LogP contribution in [0.5, 0.6) is 5.75 Å². The number of aryl methyl sites for hydroxylation is 2. The number of aliphatic hydroxyl groups excluding tert-OH is 1. The van der Waals surface area contributed by atoms with Crippen LogP contribution in [-0.2, 0) is 27.8 Å². The molecular formula is C26H28F3N3O6S2. The number of thiazole rings is 1. The molecule has 2 aromatic carbocycles. The van der Waals surface area contributed by atoms with Crippen molar-refractivity contribution in [1.29, 1.82) is 0 Å². The highest BCUT2D eigenvalue weighted by molar-refractivity contribution is 7.89. The standard InChI is InChI=1S/C26H28F3N3O6S2/c1-16-24(21(33)15-40(30,36)37)31-23(39-16)13-32(11-5-8-17-6-3-2-4-7-17)26(35)25(34)19-10-9-18(12-20(19)27)38-14-22(28)29/h2-4,6-7,9-10,12,22,25,34H,5,8,11,13-15H2,1H3,(H2,30,36,37). The maximum absolute atomic E-state index is 14.7. The van der Waals surface area contributed by atoms with E-state index in [9.17, 15) is 36.3 Å². The van der Waals surface area contributed by atoms with E-state index in [2.05, 4.69) is 4.98 Å². The molecule has 1 unspecified atom stereocenters. The Morgan fingerprint density at radius 1 is 1.18 bits per heavy atom. The average molecular weight is 600 g/mol. The van der Waals surface area contributed by atoms with Gasteiger partial charge in [0.25, 0.3) is 12.3 Å². The van der Waals surface area contributed by atoms with E-state index in [0.717, 1.165) is 29.0 Å². The van der Waals surface area contributed by atoms with Gasteiger partial charge in [-0.25, -0.2) is 31.7 Å². The highest BCUT2D eigenvalue weighted by Gasteiger charge is 2.28. The third kappa shape index (κ3) is 9.11. The molecule has 3 rings (SSSR count). The molecule has 3 aromatic rings. The lowest BCUT2D eigenvalue weighted by Gasteiger charge is -2.25. The van der Waals surface area contributed by atoms with Crippen LogP contribution in [0.15, 0.2) is 48.5 Å². The van der Waals surface area contributed by atoms with E-state index in [1.54, 1.807) is 6.92 Å². The fourth-order valence-electron chi connectivity index (χ4n) is 3.86. The van der Waals surface area contributed by atoms with Crippen LogP contribution in [0.1, 0.15) is 44.0 Å². The van der Waals surface area contributed by atoms with Crippen LogP contribution in [-0.4, -0.2) is 60.4 Å². The van der Waals surface area contributed by atoms with E-state index >= 15 is 0 Å². The number of carbonyl (C=O) groups is 2. The van der Waals surface area contributed by atoms with Gasteiger partial charge in [0.2, 0.25) is 10.0 Å². The molecule has 0 saturated carbocycles. The molecule has 0 radical (unpaired) electrons. The van der Waals surface area contributed by atoms with Crippen molar-refractivity contribution in [3.05, 3.63) is 81.1 Å². The van der Waals surface area contributed by atoms with Crippen molar-refractivity contribution in [1.82, 2.24) is 9.88 Å². The number of primary sulfonamides is 1. The lowest BCUT2D eigenvalue weighted by molar-refractivity contribution is -0.141. The molecule has 1 heterocycles. The van der Waals surface area contributed by atoms with Gasteiger partial charge in [-0.1, -0.05) is 30.3 Å². The van der Waals surface area contributed by atoms with E-state index in [1.807, 2.05) is 30.3 Å². The number of ether oxygens (including phenoxy) is 1. The van der Waals surface area contributed by atoms with Gasteiger partial charge in [0, 0.05) is 23.1 Å². The van der Waals surface area contributed by atoms with Gasteiger partial charge < -0.3 is 14.7 Å². The Bertz CT molecular complexity index is 1430. The van der Waals surface area contributed by atoms with Gasteiger partial charge in [-0.15, -0.1) is 11.3 Å². The number of nitrogens with zero attached hydrogens (tertiary/aromatic N) is 2. The van der Waals surface area contributed by atoms with Gasteiger partial charge in [-0.05, 0) is 37.5 Å². The minimum Gasteiger partial charge on any atom is -0.488 e. The zero-order valence-corrected chi connectivity index (χ0v) is 23.1. The molecule has 0 fully saturated rings. The maximum Gasteiger partial charge on any atom is 0.272 e. The van der Waals surface area contributed by atoms with Crippen LogP contribution in [0.25, 0.3) is 0 Å². The zero-order valence-electron chi connectivity index (χ0n) is 21.4. The van der Waals surface area contributed by atoms with Crippen LogP contribution in [0, 0.1) is 12.7 Å².